The standard InChI is InChI=1S/C30H47N7O10/c1-27(2,3)44-23(38)33-21(34-24(39)45-28(4,5)6)31-16-18-13-19(15-20(14-18)37(42)43)17-32-22(35-25(40)46-29(7,8)9)36-26(41)47-30(10,11)12/h13-15H,16-17H2,1-12H3,(H2,31,33,34,38,39)(H2,32,35,36,40,41). The summed E-state index contributed by atoms with van der Waals surface area (Å²) in [5, 5.41) is 21.9. The van der Waals surface area contributed by atoms with Crippen molar-refractivity contribution < 1.29 is 43.0 Å². The van der Waals surface area contributed by atoms with Crippen LogP contribution in [0.1, 0.15) is 94.2 Å². The average Bonchev–Trinajstić information content (AvgIpc) is 2.81. The molecule has 47 heavy (non-hydrogen) atoms. The average molecular weight is 666 g/mol. The first-order valence-electron chi connectivity index (χ1n) is 14.6. The molecule has 0 radical (unpaired) electrons. The second-order valence-corrected chi connectivity index (χ2v) is 14.1. The third-order valence-electron chi connectivity index (χ3n) is 4.60. The van der Waals surface area contributed by atoms with Crippen molar-refractivity contribution >= 4 is 42.0 Å². The lowest BCUT2D eigenvalue weighted by Crippen LogP contribution is -2.44. The number of hydrogen-bond acceptors (Lipinski definition) is 10. The molecule has 0 saturated heterocycles. The summed E-state index contributed by atoms with van der Waals surface area (Å²) in [7, 11) is 0. The number of nitrogens with one attached hydrogen (secondary N) is 4. The molecule has 0 aliphatic rings. The number of ether oxygens (including phenoxy) is 4. The molecule has 1 aromatic carbocycles. The third-order valence-corrected chi connectivity index (χ3v) is 4.60. The topological polar surface area (TPSA) is 221 Å². The number of nitro benzene ring substituents is 1. The summed E-state index contributed by atoms with van der Waals surface area (Å²) in [5.41, 5.74) is -3.07. The number of amides is 4. The molecular weight excluding hydrogens is 618 g/mol. The van der Waals surface area contributed by atoms with Crippen molar-refractivity contribution in [1.29, 1.82) is 0 Å². The van der Waals surface area contributed by atoms with Crippen molar-refractivity contribution in [2.45, 2.75) is 119 Å². The highest BCUT2D eigenvalue weighted by atomic mass is 16.6. The van der Waals surface area contributed by atoms with E-state index in [1.807, 2.05) is 0 Å². The predicted octanol–water partition coefficient (Wildman–Crippen LogP) is 5.41. The zero-order chi connectivity index (χ0) is 36.4. The van der Waals surface area contributed by atoms with E-state index in [-0.39, 0.29) is 30.7 Å². The van der Waals surface area contributed by atoms with Crippen molar-refractivity contribution in [3.05, 3.63) is 39.4 Å². The maximum Gasteiger partial charge on any atom is 0.437 e. The summed E-state index contributed by atoms with van der Waals surface area (Å²) in [6.07, 6.45) is -3.83. The van der Waals surface area contributed by atoms with Gasteiger partial charge in [0, 0.05) is 25.2 Å². The number of benzene rings is 1. The third kappa shape index (κ3) is 19.2. The molecule has 0 unspecified atom stereocenters. The number of aliphatic imine (C=N–C) groups is 2. The Labute approximate surface area is 274 Å². The van der Waals surface area contributed by atoms with E-state index in [2.05, 4.69) is 31.3 Å². The van der Waals surface area contributed by atoms with Gasteiger partial charge >= 0.3 is 24.4 Å². The SMILES string of the molecule is CC(C)(C)OC(=O)/N=C(/NCc1cc(CN/C(=N/C(=O)OC(C)(C)C)NC(=O)OC(C)(C)C)cc([N+](=O)[O-])c1)NC(=O)OC(C)(C)C. The number of nitro groups is 1. The van der Waals surface area contributed by atoms with Gasteiger partial charge in [-0.25, -0.2) is 19.2 Å². The molecule has 0 atom stereocenters. The van der Waals surface area contributed by atoms with Crippen LogP contribution in [0.15, 0.2) is 28.2 Å². The zero-order valence-corrected chi connectivity index (χ0v) is 29.1. The van der Waals surface area contributed by atoms with Crippen molar-refractivity contribution in [2.24, 2.45) is 9.98 Å². The first-order valence-corrected chi connectivity index (χ1v) is 14.6. The van der Waals surface area contributed by atoms with Gasteiger partial charge in [0.15, 0.2) is 0 Å². The minimum absolute atomic E-state index is 0.152. The largest absolute Gasteiger partial charge is 0.444 e. The predicted molar refractivity (Wildman–Crippen MR) is 173 cm³/mol. The van der Waals surface area contributed by atoms with Crippen LogP contribution in [0.25, 0.3) is 0 Å². The minimum Gasteiger partial charge on any atom is -0.444 e. The lowest BCUT2D eigenvalue weighted by atomic mass is 10.1. The molecule has 0 aromatic heterocycles. The Hall–Kier alpha value is -4.96. The number of rotatable bonds is 5. The van der Waals surface area contributed by atoms with E-state index in [0.717, 1.165) is 0 Å². The summed E-state index contributed by atoms with van der Waals surface area (Å²) in [5.74, 6) is -0.652. The molecule has 0 bridgehead atoms. The van der Waals surface area contributed by atoms with Gasteiger partial charge in [0.1, 0.15) is 22.4 Å². The van der Waals surface area contributed by atoms with Crippen LogP contribution in [-0.2, 0) is 32.0 Å². The Morgan fingerprint density at radius 2 is 0.936 bits per heavy atom. The van der Waals surface area contributed by atoms with Crippen molar-refractivity contribution in [3.8, 4) is 0 Å². The normalized spacial score (nSPS) is 12.8. The van der Waals surface area contributed by atoms with Gasteiger partial charge in [0.25, 0.3) is 5.69 Å². The lowest BCUT2D eigenvalue weighted by molar-refractivity contribution is -0.385. The van der Waals surface area contributed by atoms with Gasteiger partial charge in [0.2, 0.25) is 11.9 Å². The molecule has 4 amide bonds. The molecule has 17 heteroatoms. The first-order chi connectivity index (χ1) is 21.2. The van der Waals surface area contributed by atoms with Gasteiger partial charge in [-0.1, -0.05) is 6.07 Å². The molecule has 1 rings (SSSR count). The van der Waals surface area contributed by atoms with Crippen LogP contribution >= 0.6 is 0 Å². The van der Waals surface area contributed by atoms with Crippen LogP contribution in [0, 0.1) is 10.1 Å². The lowest BCUT2D eigenvalue weighted by Gasteiger charge is -2.21. The van der Waals surface area contributed by atoms with Gasteiger partial charge in [-0.05, 0) is 94.2 Å². The highest BCUT2D eigenvalue weighted by Gasteiger charge is 2.22. The van der Waals surface area contributed by atoms with Crippen LogP contribution in [0.2, 0.25) is 0 Å². The van der Waals surface area contributed by atoms with Crippen LogP contribution < -0.4 is 21.3 Å². The summed E-state index contributed by atoms with van der Waals surface area (Å²) >= 11 is 0. The Morgan fingerprint density at radius 3 is 1.21 bits per heavy atom. The second-order valence-electron chi connectivity index (χ2n) is 14.1. The molecule has 0 heterocycles. The van der Waals surface area contributed by atoms with Crippen LogP contribution in [0.3, 0.4) is 0 Å². The number of carbonyl (C=O) groups excluding carboxylic acids is 4. The monoisotopic (exact) mass is 665 g/mol. The zero-order valence-electron chi connectivity index (χ0n) is 29.1. The molecule has 0 spiro atoms. The second kappa shape index (κ2) is 16.0. The van der Waals surface area contributed by atoms with Crippen LogP contribution in [0.5, 0.6) is 0 Å². The van der Waals surface area contributed by atoms with E-state index >= 15 is 0 Å². The summed E-state index contributed by atoms with van der Waals surface area (Å²) in [4.78, 5) is 68.2. The molecule has 0 aliphatic carbocycles. The molecule has 17 nitrogen and oxygen atoms in total. The fraction of sp³-hybridized carbons (Fsp3) is 0.600. The number of non-ortho nitro benzene ring substituents is 1. The van der Waals surface area contributed by atoms with Gasteiger partial charge in [-0.2, -0.15) is 0 Å². The van der Waals surface area contributed by atoms with E-state index in [1.165, 1.54) is 12.1 Å². The van der Waals surface area contributed by atoms with Gasteiger partial charge in [-0.3, -0.25) is 20.7 Å². The molecule has 262 valence electrons. The Balaban J connectivity index is 3.32. The minimum atomic E-state index is -1.01. The van der Waals surface area contributed by atoms with Crippen LogP contribution in [-0.4, -0.2) is 63.6 Å². The smallest absolute Gasteiger partial charge is 0.437 e. The summed E-state index contributed by atoms with van der Waals surface area (Å²) in [6, 6.07) is 4.09. The number of nitrogens with zero attached hydrogens (tertiary/aromatic N) is 3. The molecule has 0 aliphatic heterocycles. The molecular formula is C30H47N7O10. The highest BCUT2D eigenvalue weighted by molar-refractivity contribution is 5.99. The number of guanidine groups is 2. The Kier molecular flexibility index (Phi) is 13.7. The molecule has 1 aromatic rings. The van der Waals surface area contributed by atoms with E-state index in [9.17, 15) is 29.3 Å². The van der Waals surface area contributed by atoms with Crippen molar-refractivity contribution in [3.63, 3.8) is 0 Å². The van der Waals surface area contributed by atoms with E-state index in [0.29, 0.717) is 11.1 Å². The fourth-order valence-corrected chi connectivity index (χ4v) is 3.20. The van der Waals surface area contributed by atoms with Crippen LogP contribution in [0.4, 0.5) is 24.9 Å². The Bertz CT molecular complexity index is 1280. The van der Waals surface area contributed by atoms with E-state index in [4.69, 9.17) is 18.9 Å². The van der Waals surface area contributed by atoms with E-state index < -0.39 is 51.7 Å². The number of hydrogen-bond donors (Lipinski definition) is 4. The van der Waals surface area contributed by atoms with Gasteiger partial charge < -0.3 is 29.6 Å². The maximum atomic E-state index is 12.4. The van der Waals surface area contributed by atoms with Crippen molar-refractivity contribution in [1.82, 2.24) is 21.3 Å². The maximum absolute atomic E-state index is 12.4. The molecule has 0 fully saturated rings. The molecule has 4 N–H and O–H groups in total. The fourth-order valence-electron chi connectivity index (χ4n) is 3.20. The molecule has 0 saturated carbocycles. The number of alkyl carbamates (subject to hydrolysis) is 2. The first kappa shape index (κ1) is 40.1. The summed E-state index contributed by atoms with van der Waals surface area (Å²) in [6.45, 7) is 19.4. The highest BCUT2D eigenvalue weighted by Crippen LogP contribution is 2.18. The number of carbonyl (C=O) groups is 4. The van der Waals surface area contributed by atoms with E-state index in [1.54, 1.807) is 89.2 Å². The van der Waals surface area contributed by atoms with Crippen molar-refractivity contribution in [2.75, 3.05) is 0 Å². The Morgan fingerprint density at radius 1 is 0.617 bits per heavy atom. The quantitative estimate of drug-likeness (QED) is 0.102. The summed E-state index contributed by atoms with van der Waals surface area (Å²) < 4.78 is 20.9. The van der Waals surface area contributed by atoms with Gasteiger partial charge in [0.05, 0.1) is 4.92 Å². The van der Waals surface area contributed by atoms with Gasteiger partial charge in [-0.15, -0.1) is 9.98 Å².